The van der Waals surface area contributed by atoms with Crippen LogP contribution in [0.1, 0.15) is 151 Å². The highest BCUT2D eigenvalue weighted by Crippen LogP contribution is 2.24. The van der Waals surface area contributed by atoms with Gasteiger partial charge in [0.05, 0.1) is 13.2 Å². The lowest BCUT2D eigenvalue weighted by atomic mass is 9.86. The van der Waals surface area contributed by atoms with Crippen LogP contribution in [0.5, 0.6) is 0 Å². The molecule has 1 unspecified atom stereocenters. The maximum atomic E-state index is 12.0. The number of carbonyl (C=O) groups excluding carboxylic acids is 2. The van der Waals surface area contributed by atoms with Crippen LogP contribution in [0.4, 0.5) is 0 Å². The maximum Gasteiger partial charge on any atom is 0.305 e. The summed E-state index contributed by atoms with van der Waals surface area (Å²) in [6, 6.07) is 0. The maximum absolute atomic E-state index is 12.0. The van der Waals surface area contributed by atoms with Crippen molar-refractivity contribution in [1.29, 1.82) is 0 Å². The minimum Gasteiger partial charge on any atom is -0.466 e. The lowest BCUT2D eigenvalue weighted by Crippen LogP contribution is -2.13. The molecule has 0 aromatic rings. The molecule has 4 nitrogen and oxygen atoms in total. The summed E-state index contributed by atoms with van der Waals surface area (Å²) < 4.78 is 10.6. The van der Waals surface area contributed by atoms with Crippen molar-refractivity contribution in [1.82, 2.24) is 0 Å². The summed E-state index contributed by atoms with van der Waals surface area (Å²) in [7, 11) is 0. The zero-order valence-corrected chi connectivity index (χ0v) is 24.4. The minimum atomic E-state index is -0.0232. The van der Waals surface area contributed by atoms with Crippen molar-refractivity contribution < 1.29 is 19.1 Å². The Morgan fingerprint density at radius 3 is 1.31 bits per heavy atom. The first-order chi connectivity index (χ1) is 16.7. The minimum absolute atomic E-state index is 0.0177. The molecule has 0 amide bonds. The van der Waals surface area contributed by atoms with Gasteiger partial charge in [-0.25, -0.2) is 0 Å². The molecule has 35 heavy (non-hydrogen) atoms. The van der Waals surface area contributed by atoms with Crippen LogP contribution < -0.4 is 0 Å². The number of hydrogen-bond acceptors (Lipinski definition) is 4. The fourth-order valence-electron chi connectivity index (χ4n) is 4.34. The molecule has 208 valence electrons. The number of carbonyl (C=O) groups is 2. The van der Waals surface area contributed by atoms with Gasteiger partial charge in [-0.1, -0.05) is 112 Å². The van der Waals surface area contributed by atoms with Crippen molar-refractivity contribution in [2.45, 2.75) is 151 Å². The van der Waals surface area contributed by atoms with Crippen LogP contribution in [-0.2, 0) is 19.1 Å². The smallest absolute Gasteiger partial charge is 0.305 e. The molecule has 0 radical (unpaired) electrons. The second-order valence-corrected chi connectivity index (χ2v) is 11.8. The third-order valence-electron chi connectivity index (χ3n) is 7.03. The normalized spacial score (nSPS) is 12.5. The molecule has 0 fully saturated rings. The van der Waals surface area contributed by atoms with E-state index in [4.69, 9.17) is 9.47 Å². The number of esters is 2. The van der Waals surface area contributed by atoms with E-state index in [1.807, 2.05) is 0 Å². The molecule has 0 saturated heterocycles. The predicted molar refractivity (Wildman–Crippen MR) is 148 cm³/mol. The molecular weight excluding hydrogens is 436 g/mol. The van der Waals surface area contributed by atoms with Gasteiger partial charge in [0.15, 0.2) is 0 Å². The van der Waals surface area contributed by atoms with Crippen LogP contribution in [0, 0.1) is 23.7 Å². The molecule has 1 atom stereocenters. The van der Waals surface area contributed by atoms with E-state index in [1.165, 1.54) is 64.2 Å². The SMILES string of the molecule is CC(C)CCOC(=O)CCCCCCCCCCCCCC(CCC(=O)OCCC(C)C)C(C)C. The van der Waals surface area contributed by atoms with Crippen LogP contribution >= 0.6 is 0 Å². The third-order valence-corrected chi connectivity index (χ3v) is 7.03. The van der Waals surface area contributed by atoms with Crippen molar-refractivity contribution in [2.75, 3.05) is 13.2 Å². The van der Waals surface area contributed by atoms with E-state index >= 15 is 0 Å². The molecule has 0 aliphatic carbocycles. The Balaban J connectivity index is 3.54. The van der Waals surface area contributed by atoms with Gasteiger partial charge in [0.1, 0.15) is 0 Å². The summed E-state index contributed by atoms with van der Waals surface area (Å²) in [6.45, 7) is 14.3. The molecule has 0 aliphatic heterocycles. The standard InChI is InChI=1S/C31H60O4/c1-26(2)22-24-34-30(32)19-17-15-13-11-9-7-8-10-12-14-16-18-29(28(5)6)20-21-31(33)35-25-23-27(3)4/h26-29H,7-25H2,1-6H3. The van der Waals surface area contributed by atoms with Crippen molar-refractivity contribution >= 4 is 11.9 Å². The van der Waals surface area contributed by atoms with Crippen LogP contribution in [0.3, 0.4) is 0 Å². The molecule has 0 rings (SSSR count). The quantitative estimate of drug-likeness (QED) is 0.0986. The highest BCUT2D eigenvalue weighted by Gasteiger charge is 2.15. The van der Waals surface area contributed by atoms with Gasteiger partial charge in [0.2, 0.25) is 0 Å². The van der Waals surface area contributed by atoms with Crippen molar-refractivity contribution in [3.8, 4) is 0 Å². The van der Waals surface area contributed by atoms with Crippen molar-refractivity contribution in [2.24, 2.45) is 23.7 Å². The largest absolute Gasteiger partial charge is 0.466 e. The first-order valence-corrected chi connectivity index (χ1v) is 15.0. The number of rotatable bonds is 24. The molecule has 0 spiro atoms. The summed E-state index contributed by atoms with van der Waals surface area (Å²) in [5.41, 5.74) is 0. The average Bonchev–Trinajstić information content (AvgIpc) is 2.78. The Labute approximate surface area is 218 Å². The summed E-state index contributed by atoms with van der Waals surface area (Å²) >= 11 is 0. The summed E-state index contributed by atoms with van der Waals surface area (Å²) in [6.07, 6.45) is 19.2. The first-order valence-electron chi connectivity index (χ1n) is 15.0. The lowest BCUT2D eigenvalue weighted by molar-refractivity contribution is -0.145. The Kier molecular flexibility index (Phi) is 22.6. The van der Waals surface area contributed by atoms with Gasteiger partial charge in [0, 0.05) is 12.8 Å². The highest BCUT2D eigenvalue weighted by molar-refractivity contribution is 5.69. The van der Waals surface area contributed by atoms with Gasteiger partial charge in [-0.15, -0.1) is 0 Å². The Bertz CT molecular complexity index is 498. The number of ether oxygens (including phenoxy) is 2. The van der Waals surface area contributed by atoms with Gasteiger partial charge >= 0.3 is 11.9 Å². The van der Waals surface area contributed by atoms with Gasteiger partial charge in [0.25, 0.3) is 0 Å². The van der Waals surface area contributed by atoms with Crippen LogP contribution in [0.2, 0.25) is 0 Å². The highest BCUT2D eigenvalue weighted by atomic mass is 16.5. The molecule has 0 saturated carbocycles. The van der Waals surface area contributed by atoms with Gasteiger partial charge in [-0.3, -0.25) is 9.59 Å². The van der Waals surface area contributed by atoms with Crippen LogP contribution in [-0.4, -0.2) is 25.2 Å². The summed E-state index contributed by atoms with van der Waals surface area (Å²) in [5.74, 6) is 2.40. The molecule has 0 bridgehead atoms. The van der Waals surface area contributed by atoms with Gasteiger partial charge in [-0.05, 0) is 49.4 Å². The summed E-state index contributed by atoms with van der Waals surface area (Å²) in [4.78, 5) is 23.6. The molecule has 0 aromatic carbocycles. The monoisotopic (exact) mass is 496 g/mol. The van der Waals surface area contributed by atoms with Crippen LogP contribution in [0.25, 0.3) is 0 Å². The fourth-order valence-corrected chi connectivity index (χ4v) is 4.34. The summed E-state index contributed by atoms with van der Waals surface area (Å²) in [5, 5.41) is 0. The number of unbranched alkanes of at least 4 members (excludes halogenated alkanes) is 10. The van der Waals surface area contributed by atoms with Gasteiger partial charge in [-0.2, -0.15) is 0 Å². The van der Waals surface area contributed by atoms with Crippen molar-refractivity contribution in [3.05, 3.63) is 0 Å². The Morgan fingerprint density at radius 2 is 0.886 bits per heavy atom. The van der Waals surface area contributed by atoms with E-state index in [0.29, 0.717) is 49.7 Å². The Morgan fingerprint density at radius 1 is 0.486 bits per heavy atom. The molecule has 0 N–H and O–H groups in total. The first kappa shape index (κ1) is 33.9. The van der Waals surface area contributed by atoms with E-state index in [1.54, 1.807) is 0 Å². The topological polar surface area (TPSA) is 52.6 Å². The predicted octanol–water partition coefficient (Wildman–Crippen LogP) is 9.29. The Hall–Kier alpha value is -1.06. The van der Waals surface area contributed by atoms with Crippen molar-refractivity contribution in [3.63, 3.8) is 0 Å². The van der Waals surface area contributed by atoms with Crippen LogP contribution in [0.15, 0.2) is 0 Å². The van der Waals surface area contributed by atoms with E-state index in [-0.39, 0.29) is 11.9 Å². The average molecular weight is 497 g/mol. The van der Waals surface area contributed by atoms with Gasteiger partial charge < -0.3 is 9.47 Å². The molecule has 0 aliphatic rings. The third kappa shape index (κ3) is 24.4. The van der Waals surface area contributed by atoms with E-state index in [0.717, 1.165) is 32.1 Å². The molecule has 4 heteroatoms. The van der Waals surface area contributed by atoms with E-state index in [9.17, 15) is 9.59 Å². The molecule has 0 aromatic heterocycles. The second kappa shape index (κ2) is 23.3. The zero-order chi connectivity index (χ0) is 26.3. The molecule has 0 heterocycles. The zero-order valence-electron chi connectivity index (χ0n) is 24.4. The lowest BCUT2D eigenvalue weighted by Gasteiger charge is -2.20. The van der Waals surface area contributed by atoms with E-state index in [2.05, 4.69) is 41.5 Å². The van der Waals surface area contributed by atoms with E-state index < -0.39 is 0 Å². The second-order valence-electron chi connectivity index (χ2n) is 11.8. The molecular formula is C31H60O4. The fraction of sp³-hybridized carbons (Fsp3) is 0.935. The number of hydrogen-bond donors (Lipinski definition) is 0.